The predicted molar refractivity (Wildman–Crippen MR) is 91.6 cm³/mol. The third kappa shape index (κ3) is 3.26. The van der Waals surface area contributed by atoms with Crippen LogP contribution in [-0.4, -0.2) is 66.4 Å². The fourth-order valence-corrected chi connectivity index (χ4v) is 3.82. The zero-order valence-electron chi connectivity index (χ0n) is 13.8. The van der Waals surface area contributed by atoms with Gasteiger partial charge in [-0.25, -0.2) is 0 Å². The number of morpholine rings is 1. The number of benzene rings is 1. The summed E-state index contributed by atoms with van der Waals surface area (Å²) < 4.78 is 11.0. The molecule has 5 nitrogen and oxygen atoms in total. The average Bonchev–Trinajstić information content (AvgIpc) is 3.26. The van der Waals surface area contributed by atoms with E-state index in [0.29, 0.717) is 6.54 Å². The number of hydrogen-bond donors (Lipinski definition) is 1. The third-order valence-electron chi connectivity index (χ3n) is 5.05. The van der Waals surface area contributed by atoms with Crippen molar-refractivity contribution >= 4 is 0 Å². The summed E-state index contributed by atoms with van der Waals surface area (Å²) in [5, 5.41) is 10.5. The molecule has 0 unspecified atom stereocenters. The summed E-state index contributed by atoms with van der Waals surface area (Å²) in [6.45, 7) is 5.81. The second kappa shape index (κ2) is 7.07. The zero-order chi connectivity index (χ0) is 16.4. The number of aliphatic hydroxyl groups is 1. The molecule has 5 heteroatoms. The number of aliphatic hydroxyl groups excluding tert-OH is 1. The van der Waals surface area contributed by atoms with Crippen LogP contribution in [0.4, 0.5) is 0 Å². The van der Waals surface area contributed by atoms with Crippen LogP contribution in [0.1, 0.15) is 5.56 Å². The SMILES string of the molecule is O[C@H]1CN(Cc2ccccc2-c2ccco2)C[C@@H]1N1CCOCC1. The van der Waals surface area contributed by atoms with E-state index in [1.165, 1.54) is 5.56 Å². The van der Waals surface area contributed by atoms with Gasteiger partial charge in [0.25, 0.3) is 0 Å². The van der Waals surface area contributed by atoms with Crippen molar-refractivity contribution in [3.8, 4) is 11.3 Å². The highest BCUT2D eigenvalue weighted by Crippen LogP contribution is 2.27. The maximum atomic E-state index is 10.5. The first-order chi connectivity index (χ1) is 11.8. The van der Waals surface area contributed by atoms with E-state index in [4.69, 9.17) is 9.15 Å². The average molecular weight is 328 g/mol. The molecule has 4 rings (SSSR count). The van der Waals surface area contributed by atoms with E-state index in [0.717, 1.165) is 50.7 Å². The molecule has 0 saturated carbocycles. The maximum Gasteiger partial charge on any atom is 0.134 e. The lowest BCUT2D eigenvalue weighted by Gasteiger charge is -2.33. The Kier molecular flexibility index (Phi) is 4.67. The van der Waals surface area contributed by atoms with Crippen molar-refractivity contribution in [1.82, 2.24) is 9.80 Å². The molecule has 0 spiro atoms. The van der Waals surface area contributed by atoms with E-state index in [1.807, 2.05) is 18.2 Å². The monoisotopic (exact) mass is 328 g/mol. The van der Waals surface area contributed by atoms with Gasteiger partial charge in [0.1, 0.15) is 5.76 Å². The lowest BCUT2D eigenvalue weighted by atomic mass is 10.0. The van der Waals surface area contributed by atoms with Gasteiger partial charge >= 0.3 is 0 Å². The molecule has 2 aromatic rings. The van der Waals surface area contributed by atoms with Crippen LogP contribution in [0, 0.1) is 0 Å². The molecule has 2 aliphatic heterocycles. The van der Waals surface area contributed by atoms with Gasteiger partial charge in [0.15, 0.2) is 0 Å². The van der Waals surface area contributed by atoms with E-state index in [1.54, 1.807) is 6.26 Å². The lowest BCUT2D eigenvalue weighted by Crippen LogP contribution is -2.48. The van der Waals surface area contributed by atoms with Gasteiger partial charge in [0.05, 0.1) is 25.6 Å². The van der Waals surface area contributed by atoms with Crippen LogP contribution in [-0.2, 0) is 11.3 Å². The summed E-state index contributed by atoms with van der Waals surface area (Å²) in [6.07, 6.45) is 1.42. The van der Waals surface area contributed by atoms with E-state index in [2.05, 4.69) is 28.0 Å². The molecule has 0 bridgehead atoms. The second-order valence-corrected chi connectivity index (χ2v) is 6.61. The fourth-order valence-electron chi connectivity index (χ4n) is 3.82. The van der Waals surface area contributed by atoms with Gasteiger partial charge in [0, 0.05) is 44.3 Å². The van der Waals surface area contributed by atoms with Gasteiger partial charge in [-0.05, 0) is 17.7 Å². The predicted octanol–water partition coefficient (Wildman–Crippen LogP) is 1.82. The summed E-state index contributed by atoms with van der Waals surface area (Å²) >= 11 is 0. The molecule has 128 valence electrons. The maximum absolute atomic E-state index is 10.5. The highest BCUT2D eigenvalue weighted by molar-refractivity contribution is 5.61. The van der Waals surface area contributed by atoms with Crippen molar-refractivity contribution < 1.29 is 14.3 Å². The molecule has 0 aliphatic carbocycles. The number of β-amino-alcohol motifs (C(OH)–C–C–N with tert-alkyl or cyclic N) is 1. The van der Waals surface area contributed by atoms with Crippen LogP contribution in [0.15, 0.2) is 47.1 Å². The van der Waals surface area contributed by atoms with E-state index in [9.17, 15) is 5.11 Å². The molecule has 3 heterocycles. The first-order valence-electron chi connectivity index (χ1n) is 8.65. The van der Waals surface area contributed by atoms with E-state index in [-0.39, 0.29) is 12.1 Å². The fraction of sp³-hybridized carbons (Fsp3) is 0.474. The van der Waals surface area contributed by atoms with Crippen LogP contribution in [0.3, 0.4) is 0 Å². The van der Waals surface area contributed by atoms with Gasteiger partial charge < -0.3 is 14.3 Å². The van der Waals surface area contributed by atoms with Gasteiger partial charge in [-0.2, -0.15) is 0 Å². The van der Waals surface area contributed by atoms with Crippen LogP contribution in [0.2, 0.25) is 0 Å². The molecule has 1 aromatic heterocycles. The van der Waals surface area contributed by atoms with Crippen molar-refractivity contribution in [2.24, 2.45) is 0 Å². The van der Waals surface area contributed by atoms with Crippen molar-refractivity contribution in [2.75, 3.05) is 39.4 Å². The molecule has 0 radical (unpaired) electrons. The summed E-state index contributed by atoms with van der Waals surface area (Å²) in [4.78, 5) is 4.71. The molecule has 2 saturated heterocycles. The summed E-state index contributed by atoms with van der Waals surface area (Å²) in [7, 11) is 0. The van der Waals surface area contributed by atoms with Gasteiger partial charge in [-0.3, -0.25) is 9.80 Å². The molecule has 0 amide bonds. The number of furan rings is 1. The Labute approximate surface area is 142 Å². The molecule has 24 heavy (non-hydrogen) atoms. The first-order valence-corrected chi connectivity index (χ1v) is 8.65. The number of likely N-dealkylation sites (tertiary alicyclic amines) is 1. The number of hydrogen-bond acceptors (Lipinski definition) is 5. The molecular weight excluding hydrogens is 304 g/mol. The Balaban J connectivity index is 1.47. The normalized spacial score (nSPS) is 26.0. The minimum atomic E-state index is -0.293. The standard InChI is InChI=1S/C19H24N2O3/c22-18-14-20(13-17(18)21-7-10-23-11-8-21)12-15-4-1-2-5-16(15)19-6-3-9-24-19/h1-6,9,17-18,22H,7-8,10-14H2/t17-,18-/m0/s1. The molecule has 2 aliphatic rings. The third-order valence-corrected chi connectivity index (χ3v) is 5.05. The Morgan fingerprint density at radius 2 is 1.88 bits per heavy atom. The Morgan fingerprint density at radius 1 is 1.04 bits per heavy atom. The molecule has 2 atom stereocenters. The number of nitrogens with zero attached hydrogens (tertiary/aromatic N) is 2. The zero-order valence-corrected chi connectivity index (χ0v) is 13.8. The quantitative estimate of drug-likeness (QED) is 0.928. The van der Waals surface area contributed by atoms with Crippen LogP contribution in [0.5, 0.6) is 0 Å². The first kappa shape index (κ1) is 15.8. The molecule has 1 N–H and O–H groups in total. The number of rotatable bonds is 4. The van der Waals surface area contributed by atoms with Crippen LogP contribution >= 0.6 is 0 Å². The van der Waals surface area contributed by atoms with Gasteiger partial charge in [-0.1, -0.05) is 24.3 Å². The molecule has 1 aromatic carbocycles. The van der Waals surface area contributed by atoms with Crippen molar-refractivity contribution in [1.29, 1.82) is 0 Å². The van der Waals surface area contributed by atoms with E-state index >= 15 is 0 Å². The second-order valence-electron chi connectivity index (χ2n) is 6.61. The lowest BCUT2D eigenvalue weighted by molar-refractivity contribution is -0.00618. The Morgan fingerprint density at radius 3 is 2.67 bits per heavy atom. The molecule has 2 fully saturated rings. The van der Waals surface area contributed by atoms with Crippen molar-refractivity contribution in [3.63, 3.8) is 0 Å². The van der Waals surface area contributed by atoms with Crippen LogP contribution in [0.25, 0.3) is 11.3 Å². The summed E-state index contributed by atoms with van der Waals surface area (Å²) in [5.74, 6) is 0.898. The van der Waals surface area contributed by atoms with Crippen molar-refractivity contribution in [3.05, 3.63) is 48.2 Å². The minimum Gasteiger partial charge on any atom is -0.464 e. The largest absolute Gasteiger partial charge is 0.464 e. The number of ether oxygens (including phenoxy) is 1. The van der Waals surface area contributed by atoms with Gasteiger partial charge in [-0.15, -0.1) is 0 Å². The van der Waals surface area contributed by atoms with Crippen LogP contribution < -0.4 is 0 Å². The minimum absolute atomic E-state index is 0.213. The van der Waals surface area contributed by atoms with Gasteiger partial charge in [0.2, 0.25) is 0 Å². The highest BCUT2D eigenvalue weighted by Gasteiger charge is 2.36. The van der Waals surface area contributed by atoms with Crippen molar-refractivity contribution in [2.45, 2.75) is 18.7 Å². The Bertz CT molecular complexity index is 652. The molecular formula is C19H24N2O3. The smallest absolute Gasteiger partial charge is 0.134 e. The summed E-state index contributed by atoms with van der Waals surface area (Å²) in [5.41, 5.74) is 2.37. The highest BCUT2D eigenvalue weighted by atomic mass is 16.5. The summed E-state index contributed by atoms with van der Waals surface area (Å²) in [6, 6.07) is 12.5. The van der Waals surface area contributed by atoms with E-state index < -0.39 is 0 Å². The topological polar surface area (TPSA) is 49.1 Å². The Hall–Kier alpha value is -1.66.